The average molecular weight is 232 g/mol. The van der Waals surface area contributed by atoms with Gasteiger partial charge in [0.2, 0.25) is 0 Å². The van der Waals surface area contributed by atoms with Crippen LogP contribution in [0.25, 0.3) is 0 Å². The maximum atomic E-state index is 10.7. The molecule has 3 unspecified atom stereocenters. The van der Waals surface area contributed by atoms with E-state index in [-0.39, 0.29) is 0 Å². The molecule has 17 heavy (non-hydrogen) atoms. The van der Waals surface area contributed by atoms with Crippen molar-refractivity contribution in [3.05, 3.63) is 30.1 Å². The highest BCUT2D eigenvalue weighted by Crippen LogP contribution is 2.45. The molecule has 3 rings (SSSR count). The van der Waals surface area contributed by atoms with E-state index in [0.717, 1.165) is 25.7 Å². The Bertz CT molecular complexity index is 394. The van der Waals surface area contributed by atoms with Gasteiger partial charge in [-0.15, -0.1) is 0 Å². The van der Waals surface area contributed by atoms with Crippen molar-refractivity contribution in [2.75, 3.05) is 7.05 Å². The van der Waals surface area contributed by atoms with Gasteiger partial charge in [0.25, 0.3) is 0 Å². The molecular formula is C14H20N2O. The Kier molecular flexibility index (Phi) is 2.68. The highest BCUT2D eigenvalue weighted by atomic mass is 16.3. The van der Waals surface area contributed by atoms with Gasteiger partial charge in [-0.2, -0.15) is 0 Å². The largest absolute Gasteiger partial charge is 0.376 e. The summed E-state index contributed by atoms with van der Waals surface area (Å²) in [4.78, 5) is 6.40. The van der Waals surface area contributed by atoms with Gasteiger partial charge in [0.15, 0.2) is 0 Å². The molecule has 1 aromatic heterocycles. The molecule has 2 aliphatic rings. The molecule has 1 N–H and O–H groups in total. The number of fused-ring (bicyclic) bond motifs is 2. The summed E-state index contributed by atoms with van der Waals surface area (Å²) in [7, 11) is 2.07. The fourth-order valence-corrected chi connectivity index (χ4v) is 3.53. The molecule has 2 aliphatic heterocycles. The Balaban J connectivity index is 1.87. The molecule has 3 nitrogen and oxygen atoms in total. The highest BCUT2D eigenvalue weighted by molar-refractivity contribution is 5.18. The van der Waals surface area contributed by atoms with Crippen molar-refractivity contribution < 1.29 is 5.11 Å². The third-order valence-electron chi connectivity index (χ3n) is 4.60. The van der Waals surface area contributed by atoms with E-state index in [1.807, 2.05) is 18.5 Å². The van der Waals surface area contributed by atoms with E-state index in [4.69, 9.17) is 0 Å². The van der Waals surface area contributed by atoms with Gasteiger partial charge in [0, 0.05) is 18.4 Å². The Morgan fingerprint density at radius 3 is 3.12 bits per heavy atom. The molecule has 3 heterocycles. The lowest BCUT2D eigenvalue weighted by atomic mass is 9.74. The number of hydrogen-bond donors (Lipinski definition) is 1. The highest BCUT2D eigenvalue weighted by Gasteiger charge is 2.46. The Morgan fingerprint density at radius 2 is 2.41 bits per heavy atom. The van der Waals surface area contributed by atoms with Crippen molar-refractivity contribution in [3.8, 4) is 0 Å². The van der Waals surface area contributed by atoms with E-state index in [9.17, 15) is 5.11 Å². The van der Waals surface area contributed by atoms with Crippen LogP contribution in [0.15, 0.2) is 24.5 Å². The van der Waals surface area contributed by atoms with Crippen molar-refractivity contribution in [3.63, 3.8) is 0 Å². The van der Waals surface area contributed by atoms with Crippen molar-refractivity contribution in [2.24, 2.45) is 0 Å². The quantitative estimate of drug-likeness (QED) is 0.806. The molecule has 2 bridgehead atoms. The van der Waals surface area contributed by atoms with Gasteiger partial charge in [-0.25, -0.2) is 0 Å². The first-order valence-electron chi connectivity index (χ1n) is 6.54. The lowest BCUT2D eigenvalue weighted by Crippen LogP contribution is -2.58. The summed E-state index contributed by atoms with van der Waals surface area (Å²) in [5.74, 6) is 0.468. The Labute approximate surface area is 102 Å². The topological polar surface area (TPSA) is 36.4 Å². The molecule has 0 radical (unpaired) electrons. The van der Waals surface area contributed by atoms with Crippen molar-refractivity contribution in [1.29, 1.82) is 0 Å². The molecular weight excluding hydrogens is 212 g/mol. The predicted molar refractivity (Wildman–Crippen MR) is 66.6 cm³/mol. The van der Waals surface area contributed by atoms with Crippen LogP contribution in [0.1, 0.15) is 43.6 Å². The second-order valence-corrected chi connectivity index (χ2v) is 5.56. The summed E-state index contributed by atoms with van der Waals surface area (Å²) >= 11 is 0. The zero-order chi connectivity index (χ0) is 11.9. The molecule has 0 spiro atoms. The maximum absolute atomic E-state index is 10.7. The summed E-state index contributed by atoms with van der Waals surface area (Å²) in [5, 5.41) is 10.7. The number of nitrogens with zero attached hydrogens (tertiary/aromatic N) is 2. The molecule has 0 saturated carbocycles. The minimum Gasteiger partial charge on any atom is -0.376 e. The predicted octanol–water partition coefficient (Wildman–Crippen LogP) is 2.13. The normalized spacial score (nSPS) is 38.0. The van der Waals surface area contributed by atoms with Crippen LogP contribution in [0.2, 0.25) is 0 Å². The van der Waals surface area contributed by atoms with Crippen LogP contribution in [0.3, 0.4) is 0 Å². The number of pyridine rings is 1. The molecule has 2 fully saturated rings. The van der Waals surface area contributed by atoms with Crippen molar-refractivity contribution in [2.45, 2.75) is 49.8 Å². The molecule has 3 heteroatoms. The van der Waals surface area contributed by atoms with E-state index in [0.29, 0.717) is 12.0 Å². The van der Waals surface area contributed by atoms with Gasteiger partial charge in [-0.1, -0.05) is 6.07 Å². The van der Waals surface area contributed by atoms with Crippen LogP contribution < -0.4 is 0 Å². The summed E-state index contributed by atoms with van der Waals surface area (Å²) in [5.41, 5.74) is 0.702. The smallest absolute Gasteiger partial charge is 0.119 e. The lowest BCUT2D eigenvalue weighted by molar-refractivity contribution is -0.172. The molecule has 1 aromatic rings. The first kappa shape index (κ1) is 11.2. The van der Waals surface area contributed by atoms with Gasteiger partial charge in [-0.05, 0) is 56.7 Å². The van der Waals surface area contributed by atoms with Crippen molar-refractivity contribution >= 4 is 0 Å². The molecule has 0 aliphatic carbocycles. The lowest BCUT2D eigenvalue weighted by Gasteiger charge is -2.52. The SMILES string of the molecule is CN1C2CCCC1(O)CC(c1cccnc1)C2. The zero-order valence-corrected chi connectivity index (χ0v) is 10.3. The fourth-order valence-electron chi connectivity index (χ4n) is 3.53. The number of hydrogen-bond acceptors (Lipinski definition) is 3. The third-order valence-corrected chi connectivity index (χ3v) is 4.60. The van der Waals surface area contributed by atoms with Crippen LogP contribution in [-0.4, -0.2) is 33.8 Å². The number of rotatable bonds is 1. The van der Waals surface area contributed by atoms with Gasteiger partial charge in [-0.3, -0.25) is 9.88 Å². The van der Waals surface area contributed by atoms with Crippen LogP contribution in [0, 0.1) is 0 Å². The summed E-state index contributed by atoms with van der Waals surface area (Å²) in [6.45, 7) is 0. The Morgan fingerprint density at radius 1 is 1.53 bits per heavy atom. The summed E-state index contributed by atoms with van der Waals surface area (Å²) in [6, 6.07) is 4.67. The first-order chi connectivity index (χ1) is 8.19. The second kappa shape index (κ2) is 4.07. The Hall–Kier alpha value is -0.930. The standard InChI is InChI=1S/C14H20N2O/c1-16-13-5-2-6-14(16,17)9-12(8-13)11-4-3-7-15-10-11/h3-4,7,10,12-13,17H,2,5-6,8-9H2,1H3. The number of piperidine rings is 2. The van der Waals surface area contributed by atoms with E-state index < -0.39 is 5.72 Å². The van der Waals surface area contributed by atoms with Crippen LogP contribution in [0.4, 0.5) is 0 Å². The fraction of sp³-hybridized carbons (Fsp3) is 0.643. The van der Waals surface area contributed by atoms with Crippen LogP contribution >= 0.6 is 0 Å². The molecule has 92 valence electrons. The second-order valence-electron chi connectivity index (χ2n) is 5.56. The van der Waals surface area contributed by atoms with E-state index >= 15 is 0 Å². The van der Waals surface area contributed by atoms with Gasteiger partial charge >= 0.3 is 0 Å². The van der Waals surface area contributed by atoms with Gasteiger partial charge < -0.3 is 5.11 Å². The zero-order valence-electron chi connectivity index (χ0n) is 10.3. The van der Waals surface area contributed by atoms with Gasteiger partial charge in [0.05, 0.1) is 0 Å². The van der Waals surface area contributed by atoms with E-state index in [1.165, 1.54) is 12.0 Å². The minimum absolute atomic E-state index is 0.468. The average Bonchev–Trinajstić information content (AvgIpc) is 2.33. The monoisotopic (exact) mass is 232 g/mol. The minimum atomic E-state index is -0.582. The first-order valence-corrected chi connectivity index (χ1v) is 6.54. The summed E-state index contributed by atoms with van der Waals surface area (Å²) in [6.07, 6.45) is 9.07. The number of aliphatic hydroxyl groups is 1. The molecule has 0 amide bonds. The summed E-state index contributed by atoms with van der Waals surface area (Å²) < 4.78 is 0. The van der Waals surface area contributed by atoms with Crippen molar-refractivity contribution in [1.82, 2.24) is 9.88 Å². The molecule has 3 atom stereocenters. The molecule has 2 saturated heterocycles. The van der Waals surface area contributed by atoms with Crippen LogP contribution in [-0.2, 0) is 0 Å². The van der Waals surface area contributed by atoms with E-state index in [2.05, 4.69) is 23.0 Å². The molecule has 0 aromatic carbocycles. The van der Waals surface area contributed by atoms with E-state index in [1.54, 1.807) is 0 Å². The van der Waals surface area contributed by atoms with Crippen LogP contribution in [0.5, 0.6) is 0 Å². The maximum Gasteiger partial charge on any atom is 0.119 e. The van der Waals surface area contributed by atoms with Gasteiger partial charge in [0.1, 0.15) is 5.72 Å². The number of aromatic nitrogens is 1. The third kappa shape index (κ3) is 1.87.